The normalized spacial score (nSPS) is 23.0. The third-order valence-electron chi connectivity index (χ3n) is 4.71. The van der Waals surface area contributed by atoms with E-state index in [2.05, 4.69) is 0 Å². The molecule has 0 aromatic heterocycles. The number of alkyl halides is 2. The summed E-state index contributed by atoms with van der Waals surface area (Å²) in [4.78, 5) is 28.5. The van der Waals surface area contributed by atoms with Crippen molar-refractivity contribution in [1.29, 1.82) is 0 Å². The Bertz CT molecular complexity index is 612. The van der Waals surface area contributed by atoms with Crippen LogP contribution in [0, 0.1) is 0 Å². The standard InChI is InChI=1S/C18H22F2N2O3/c19-17(20)14-12-21(10-11-25-14)18(24)16(13-6-2-1-3-7-13)22-9-5-4-8-15(22)23/h1-3,6-7,14,16-17H,4-5,8-12H2/t14-,16-/m0/s1. The van der Waals surface area contributed by atoms with Gasteiger partial charge >= 0.3 is 0 Å². The van der Waals surface area contributed by atoms with Crippen molar-refractivity contribution < 1.29 is 23.1 Å². The van der Waals surface area contributed by atoms with E-state index in [9.17, 15) is 18.4 Å². The fraction of sp³-hybridized carbons (Fsp3) is 0.556. The van der Waals surface area contributed by atoms with Gasteiger partial charge in [0.05, 0.1) is 13.2 Å². The van der Waals surface area contributed by atoms with Crippen LogP contribution in [0.2, 0.25) is 0 Å². The number of hydrogen-bond donors (Lipinski definition) is 0. The minimum Gasteiger partial charge on any atom is -0.369 e. The van der Waals surface area contributed by atoms with Gasteiger partial charge < -0.3 is 14.5 Å². The van der Waals surface area contributed by atoms with Crippen molar-refractivity contribution in [2.75, 3.05) is 26.2 Å². The number of halogens is 2. The number of hydrogen-bond acceptors (Lipinski definition) is 3. The van der Waals surface area contributed by atoms with Crippen LogP contribution < -0.4 is 0 Å². The van der Waals surface area contributed by atoms with E-state index in [1.54, 1.807) is 17.0 Å². The number of amides is 2. The van der Waals surface area contributed by atoms with Gasteiger partial charge in [0.15, 0.2) is 0 Å². The first kappa shape index (κ1) is 17.8. The SMILES string of the molecule is O=C([C@H](c1ccccc1)N1CCCCC1=O)N1CCO[C@H](C(F)F)C1. The average Bonchev–Trinajstić information content (AvgIpc) is 2.64. The zero-order valence-corrected chi connectivity index (χ0v) is 13.9. The molecule has 0 aliphatic carbocycles. The second-order valence-corrected chi connectivity index (χ2v) is 6.39. The quantitative estimate of drug-likeness (QED) is 0.835. The number of morpholine rings is 1. The molecule has 0 bridgehead atoms. The van der Waals surface area contributed by atoms with E-state index < -0.39 is 18.6 Å². The van der Waals surface area contributed by atoms with Crippen molar-refractivity contribution in [3.8, 4) is 0 Å². The van der Waals surface area contributed by atoms with Crippen LogP contribution >= 0.6 is 0 Å². The Morgan fingerprint density at radius 1 is 1.16 bits per heavy atom. The highest BCUT2D eigenvalue weighted by Gasteiger charge is 2.38. The largest absolute Gasteiger partial charge is 0.369 e. The zero-order valence-electron chi connectivity index (χ0n) is 13.9. The molecule has 0 unspecified atom stereocenters. The number of carbonyl (C=O) groups excluding carboxylic acids is 2. The summed E-state index contributed by atoms with van der Waals surface area (Å²) in [5, 5.41) is 0. The molecule has 0 radical (unpaired) electrons. The van der Waals surface area contributed by atoms with Crippen LogP contribution in [0.15, 0.2) is 30.3 Å². The highest BCUT2D eigenvalue weighted by molar-refractivity contribution is 5.89. The topological polar surface area (TPSA) is 49.9 Å². The maximum atomic E-state index is 13.1. The Morgan fingerprint density at radius 2 is 1.92 bits per heavy atom. The highest BCUT2D eigenvalue weighted by Crippen LogP contribution is 2.28. The number of rotatable bonds is 4. The number of carbonyl (C=O) groups is 2. The summed E-state index contributed by atoms with van der Waals surface area (Å²) in [6, 6.07) is 8.30. The molecule has 0 spiro atoms. The predicted octanol–water partition coefficient (Wildman–Crippen LogP) is 2.23. The van der Waals surface area contributed by atoms with E-state index >= 15 is 0 Å². The second kappa shape index (κ2) is 7.91. The molecule has 0 saturated carbocycles. The molecular weight excluding hydrogens is 330 g/mol. The summed E-state index contributed by atoms with van der Waals surface area (Å²) in [6.45, 7) is 0.693. The summed E-state index contributed by atoms with van der Waals surface area (Å²) in [7, 11) is 0. The van der Waals surface area contributed by atoms with Crippen LogP contribution in [0.25, 0.3) is 0 Å². The summed E-state index contributed by atoms with van der Waals surface area (Å²) < 4.78 is 31.0. The molecule has 2 fully saturated rings. The minimum atomic E-state index is -2.64. The van der Waals surface area contributed by atoms with E-state index in [4.69, 9.17) is 4.74 Å². The van der Waals surface area contributed by atoms with Gasteiger partial charge in [-0.15, -0.1) is 0 Å². The molecule has 1 aromatic carbocycles. The van der Waals surface area contributed by atoms with Crippen LogP contribution in [-0.2, 0) is 14.3 Å². The van der Waals surface area contributed by atoms with Crippen molar-refractivity contribution in [2.45, 2.75) is 37.8 Å². The Labute approximate surface area is 145 Å². The number of nitrogens with zero attached hydrogens (tertiary/aromatic N) is 2. The fourth-order valence-corrected chi connectivity index (χ4v) is 3.39. The zero-order chi connectivity index (χ0) is 17.8. The molecule has 0 N–H and O–H groups in total. The van der Waals surface area contributed by atoms with Crippen LogP contribution in [0.1, 0.15) is 30.9 Å². The van der Waals surface area contributed by atoms with Gasteiger partial charge in [0.25, 0.3) is 6.43 Å². The summed E-state index contributed by atoms with van der Waals surface area (Å²) in [5.74, 6) is -0.373. The van der Waals surface area contributed by atoms with Gasteiger partial charge in [-0.05, 0) is 18.4 Å². The Hall–Kier alpha value is -2.02. The molecule has 2 atom stereocenters. The molecule has 2 aliphatic rings. The minimum absolute atomic E-state index is 0.0628. The number of likely N-dealkylation sites (tertiary alicyclic amines) is 1. The lowest BCUT2D eigenvalue weighted by Crippen LogP contribution is -2.53. The molecule has 7 heteroatoms. The van der Waals surface area contributed by atoms with Gasteiger partial charge in [-0.2, -0.15) is 0 Å². The van der Waals surface area contributed by atoms with Crippen LogP contribution in [0.4, 0.5) is 8.78 Å². The van der Waals surface area contributed by atoms with Crippen molar-refractivity contribution >= 4 is 11.8 Å². The van der Waals surface area contributed by atoms with Crippen LogP contribution in [-0.4, -0.2) is 60.4 Å². The summed E-state index contributed by atoms with van der Waals surface area (Å²) in [6.07, 6.45) is -1.84. The fourth-order valence-electron chi connectivity index (χ4n) is 3.39. The molecule has 136 valence electrons. The average molecular weight is 352 g/mol. The first-order chi connectivity index (χ1) is 12.1. The third-order valence-corrected chi connectivity index (χ3v) is 4.71. The van der Waals surface area contributed by atoms with Gasteiger partial charge in [-0.25, -0.2) is 8.78 Å². The first-order valence-electron chi connectivity index (χ1n) is 8.61. The Morgan fingerprint density at radius 3 is 2.60 bits per heavy atom. The Balaban J connectivity index is 1.86. The maximum Gasteiger partial charge on any atom is 0.266 e. The molecule has 2 heterocycles. The van der Waals surface area contributed by atoms with E-state index in [-0.39, 0.29) is 31.5 Å². The third kappa shape index (κ3) is 3.98. The lowest BCUT2D eigenvalue weighted by atomic mass is 9.99. The highest BCUT2D eigenvalue weighted by atomic mass is 19.3. The predicted molar refractivity (Wildman–Crippen MR) is 87.1 cm³/mol. The Kier molecular flexibility index (Phi) is 5.63. The number of ether oxygens (including phenoxy) is 1. The first-order valence-corrected chi connectivity index (χ1v) is 8.61. The smallest absolute Gasteiger partial charge is 0.266 e. The number of piperidine rings is 1. The lowest BCUT2D eigenvalue weighted by molar-refractivity contribution is -0.157. The monoisotopic (exact) mass is 352 g/mol. The van der Waals surface area contributed by atoms with Gasteiger partial charge in [-0.3, -0.25) is 9.59 Å². The molecule has 1 aromatic rings. The van der Waals surface area contributed by atoms with Crippen molar-refractivity contribution in [3.05, 3.63) is 35.9 Å². The molecule has 2 saturated heterocycles. The lowest BCUT2D eigenvalue weighted by Gasteiger charge is -2.39. The second-order valence-electron chi connectivity index (χ2n) is 6.39. The van der Waals surface area contributed by atoms with E-state index in [0.29, 0.717) is 18.5 Å². The van der Waals surface area contributed by atoms with Gasteiger partial charge in [0.1, 0.15) is 12.1 Å². The summed E-state index contributed by atoms with van der Waals surface area (Å²) >= 11 is 0. The van der Waals surface area contributed by atoms with Crippen molar-refractivity contribution in [2.24, 2.45) is 0 Å². The van der Waals surface area contributed by atoms with Crippen LogP contribution in [0.5, 0.6) is 0 Å². The van der Waals surface area contributed by atoms with Gasteiger partial charge in [-0.1, -0.05) is 30.3 Å². The molecular formula is C18H22F2N2O3. The van der Waals surface area contributed by atoms with Crippen molar-refractivity contribution in [1.82, 2.24) is 9.80 Å². The molecule has 5 nitrogen and oxygen atoms in total. The van der Waals surface area contributed by atoms with E-state index in [0.717, 1.165) is 12.8 Å². The molecule has 2 amide bonds. The van der Waals surface area contributed by atoms with E-state index in [1.165, 1.54) is 4.90 Å². The molecule has 25 heavy (non-hydrogen) atoms. The molecule has 3 rings (SSSR count). The molecule has 2 aliphatic heterocycles. The van der Waals surface area contributed by atoms with Gasteiger partial charge in [0.2, 0.25) is 11.8 Å². The van der Waals surface area contributed by atoms with Gasteiger partial charge in [0, 0.05) is 19.5 Å². The number of benzene rings is 1. The summed E-state index contributed by atoms with van der Waals surface area (Å²) in [5.41, 5.74) is 0.711. The maximum absolute atomic E-state index is 13.1. The van der Waals surface area contributed by atoms with Crippen molar-refractivity contribution in [3.63, 3.8) is 0 Å². The van der Waals surface area contributed by atoms with E-state index in [1.807, 2.05) is 18.2 Å². The van der Waals surface area contributed by atoms with Crippen LogP contribution in [0.3, 0.4) is 0 Å².